The van der Waals surface area contributed by atoms with Gasteiger partial charge in [0.25, 0.3) is 0 Å². The molecule has 1 aromatic carbocycles. The molecule has 30 heavy (non-hydrogen) atoms. The van der Waals surface area contributed by atoms with E-state index in [9.17, 15) is 24.3 Å². The van der Waals surface area contributed by atoms with E-state index in [4.69, 9.17) is 0 Å². The smallest absolute Gasteiger partial charge is 0.326 e. The van der Waals surface area contributed by atoms with Crippen LogP contribution < -0.4 is 16.0 Å². The number of aliphatic carboxylic acids is 1. The Morgan fingerprint density at radius 2 is 1.60 bits per heavy atom. The van der Waals surface area contributed by atoms with Gasteiger partial charge in [-0.2, -0.15) is 0 Å². The first-order valence-corrected chi connectivity index (χ1v) is 10.4. The molecule has 166 valence electrons. The van der Waals surface area contributed by atoms with Crippen LogP contribution in [0.5, 0.6) is 0 Å². The second kappa shape index (κ2) is 13.3. The molecule has 0 heterocycles. The molecule has 0 aliphatic heterocycles. The molecule has 0 aromatic heterocycles. The van der Waals surface area contributed by atoms with Gasteiger partial charge in [-0.25, -0.2) is 4.79 Å². The Balaban J connectivity index is 2.88. The Hall–Kier alpha value is -2.90. The van der Waals surface area contributed by atoms with Crippen molar-refractivity contribution < 1.29 is 24.3 Å². The van der Waals surface area contributed by atoms with Crippen LogP contribution in [0.15, 0.2) is 30.3 Å². The lowest BCUT2D eigenvalue weighted by atomic mass is 10.0. The van der Waals surface area contributed by atoms with Crippen molar-refractivity contribution in [1.29, 1.82) is 0 Å². The molecule has 0 saturated heterocycles. The van der Waals surface area contributed by atoms with Crippen molar-refractivity contribution >= 4 is 24.2 Å². The molecule has 1 aromatic rings. The maximum atomic E-state index is 12.8. The summed E-state index contributed by atoms with van der Waals surface area (Å²) in [5, 5.41) is 17.3. The second-order valence-electron chi connectivity index (χ2n) is 7.76. The van der Waals surface area contributed by atoms with Gasteiger partial charge < -0.3 is 21.1 Å². The van der Waals surface area contributed by atoms with Crippen LogP contribution in [0, 0.1) is 5.92 Å². The summed E-state index contributed by atoms with van der Waals surface area (Å²) in [6.07, 6.45) is 3.02. The van der Waals surface area contributed by atoms with Gasteiger partial charge in [-0.3, -0.25) is 14.4 Å². The number of unbranched alkanes of at least 4 members (excludes halogenated alkanes) is 1. The monoisotopic (exact) mass is 419 g/mol. The standard InChI is InChI=1S/C22H33N3O5/c1-4-5-11-17(23-14-26)20(27)24-18(12-15(2)3)21(28)25-19(22(29)30)13-16-9-7-6-8-10-16/h6-10,14-15,17-19H,4-5,11-13H2,1-3H3,(H,23,26)(H,24,27)(H,25,28)(H,29,30). The fourth-order valence-electron chi connectivity index (χ4n) is 3.08. The fourth-order valence-corrected chi connectivity index (χ4v) is 3.08. The third-order valence-electron chi connectivity index (χ3n) is 4.67. The van der Waals surface area contributed by atoms with Gasteiger partial charge >= 0.3 is 5.97 Å². The summed E-state index contributed by atoms with van der Waals surface area (Å²) in [5.74, 6) is -2.07. The van der Waals surface area contributed by atoms with Gasteiger partial charge in [0.2, 0.25) is 18.2 Å². The Morgan fingerprint density at radius 3 is 2.13 bits per heavy atom. The van der Waals surface area contributed by atoms with Crippen LogP contribution in [0.4, 0.5) is 0 Å². The SMILES string of the molecule is CCCCC(NC=O)C(=O)NC(CC(C)C)C(=O)NC(Cc1ccccc1)C(=O)O. The summed E-state index contributed by atoms with van der Waals surface area (Å²) in [7, 11) is 0. The van der Waals surface area contributed by atoms with Crippen molar-refractivity contribution in [2.45, 2.75) is 71.0 Å². The predicted molar refractivity (Wildman–Crippen MR) is 114 cm³/mol. The molecule has 3 amide bonds. The molecular formula is C22H33N3O5. The summed E-state index contributed by atoms with van der Waals surface area (Å²) in [5.41, 5.74) is 0.782. The van der Waals surface area contributed by atoms with E-state index >= 15 is 0 Å². The quantitative estimate of drug-likeness (QED) is 0.341. The van der Waals surface area contributed by atoms with E-state index < -0.39 is 35.9 Å². The number of hydrogen-bond acceptors (Lipinski definition) is 4. The Kier molecular flexibility index (Phi) is 11.2. The van der Waals surface area contributed by atoms with E-state index in [-0.39, 0.29) is 12.3 Å². The van der Waals surface area contributed by atoms with Crippen LogP contribution in [0.2, 0.25) is 0 Å². The van der Waals surface area contributed by atoms with Gasteiger partial charge in [0, 0.05) is 6.42 Å². The summed E-state index contributed by atoms with van der Waals surface area (Å²) < 4.78 is 0. The van der Waals surface area contributed by atoms with Crippen molar-refractivity contribution in [3.05, 3.63) is 35.9 Å². The van der Waals surface area contributed by atoms with Crippen molar-refractivity contribution in [3.63, 3.8) is 0 Å². The van der Waals surface area contributed by atoms with Crippen molar-refractivity contribution in [2.24, 2.45) is 5.92 Å². The molecule has 0 bridgehead atoms. The lowest BCUT2D eigenvalue weighted by Crippen LogP contribution is -2.55. The van der Waals surface area contributed by atoms with E-state index in [1.54, 1.807) is 24.3 Å². The van der Waals surface area contributed by atoms with Crippen LogP contribution in [0.25, 0.3) is 0 Å². The first-order chi connectivity index (χ1) is 14.3. The number of carbonyl (C=O) groups is 4. The summed E-state index contributed by atoms with van der Waals surface area (Å²) in [6.45, 7) is 5.79. The summed E-state index contributed by atoms with van der Waals surface area (Å²) in [4.78, 5) is 48.0. The number of benzene rings is 1. The van der Waals surface area contributed by atoms with Gasteiger partial charge in [0.1, 0.15) is 18.1 Å². The van der Waals surface area contributed by atoms with E-state index in [1.165, 1.54) is 0 Å². The maximum absolute atomic E-state index is 12.8. The van der Waals surface area contributed by atoms with Gasteiger partial charge in [-0.15, -0.1) is 0 Å². The normalized spacial score (nSPS) is 13.7. The molecule has 1 rings (SSSR count). The largest absolute Gasteiger partial charge is 0.480 e. The zero-order valence-corrected chi connectivity index (χ0v) is 17.9. The van der Waals surface area contributed by atoms with Crippen LogP contribution in [0.3, 0.4) is 0 Å². The van der Waals surface area contributed by atoms with Crippen LogP contribution in [-0.2, 0) is 25.6 Å². The van der Waals surface area contributed by atoms with E-state index in [2.05, 4.69) is 16.0 Å². The zero-order chi connectivity index (χ0) is 22.5. The van der Waals surface area contributed by atoms with Gasteiger partial charge in [-0.1, -0.05) is 63.9 Å². The predicted octanol–water partition coefficient (Wildman–Crippen LogP) is 1.63. The number of amides is 3. The van der Waals surface area contributed by atoms with E-state index in [0.29, 0.717) is 19.3 Å². The first kappa shape index (κ1) is 25.1. The molecule has 4 N–H and O–H groups in total. The van der Waals surface area contributed by atoms with Crippen LogP contribution in [0.1, 0.15) is 52.0 Å². The van der Waals surface area contributed by atoms with Crippen LogP contribution >= 0.6 is 0 Å². The van der Waals surface area contributed by atoms with Gasteiger partial charge in [0.15, 0.2) is 0 Å². The maximum Gasteiger partial charge on any atom is 0.326 e. The van der Waals surface area contributed by atoms with E-state index in [1.807, 2.05) is 26.8 Å². The zero-order valence-electron chi connectivity index (χ0n) is 17.9. The first-order valence-electron chi connectivity index (χ1n) is 10.4. The Morgan fingerprint density at radius 1 is 1.00 bits per heavy atom. The summed E-state index contributed by atoms with van der Waals surface area (Å²) in [6, 6.07) is 6.27. The molecule has 0 aliphatic rings. The van der Waals surface area contributed by atoms with Crippen molar-refractivity contribution in [1.82, 2.24) is 16.0 Å². The molecule has 0 saturated carbocycles. The number of carboxylic acids is 1. The van der Waals surface area contributed by atoms with Crippen LogP contribution in [-0.4, -0.2) is 47.4 Å². The number of carboxylic acid groups (broad SMARTS) is 1. The number of carbonyl (C=O) groups excluding carboxylic acids is 3. The molecule has 0 radical (unpaired) electrons. The molecule has 3 atom stereocenters. The molecular weight excluding hydrogens is 386 g/mol. The highest BCUT2D eigenvalue weighted by Crippen LogP contribution is 2.09. The minimum atomic E-state index is -1.15. The molecule has 8 heteroatoms. The molecule has 0 fully saturated rings. The summed E-state index contributed by atoms with van der Waals surface area (Å²) >= 11 is 0. The minimum Gasteiger partial charge on any atom is -0.480 e. The number of nitrogens with one attached hydrogen (secondary N) is 3. The molecule has 8 nitrogen and oxygen atoms in total. The molecule has 0 aliphatic carbocycles. The molecule has 3 unspecified atom stereocenters. The lowest BCUT2D eigenvalue weighted by molar-refractivity contribution is -0.142. The second-order valence-corrected chi connectivity index (χ2v) is 7.76. The fraction of sp³-hybridized carbons (Fsp3) is 0.545. The van der Waals surface area contributed by atoms with Gasteiger partial charge in [0.05, 0.1) is 0 Å². The van der Waals surface area contributed by atoms with Crippen molar-refractivity contribution in [2.75, 3.05) is 0 Å². The Bertz CT molecular complexity index is 693. The minimum absolute atomic E-state index is 0.0894. The van der Waals surface area contributed by atoms with Crippen molar-refractivity contribution in [3.8, 4) is 0 Å². The topological polar surface area (TPSA) is 125 Å². The highest BCUT2D eigenvalue weighted by Gasteiger charge is 2.29. The third-order valence-corrected chi connectivity index (χ3v) is 4.67. The number of hydrogen-bond donors (Lipinski definition) is 4. The number of rotatable bonds is 14. The van der Waals surface area contributed by atoms with E-state index in [0.717, 1.165) is 18.4 Å². The molecule has 0 spiro atoms. The third kappa shape index (κ3) is 9.07. The average molecular weight is 420 g/mol. The Labute approximate surface area is 177 Å². The average Bonchev–Trinajstić information content (AvgIpc) is 2.70. The van der Waals surface area contributed by atoms with Gasteiger partial charge in [-0.05, 0) is 24.3 Å². The highest BCUT2D eigenvalue weighted by atomic mass is 16.4. The lowest BCUT2D eigenvalue weighted by Gasteiger charge is -2.25. The highest BCUT2D eigenvalue weighted by molar-refractivity contribution is 5.92.